The van der Waals surface area contributed by atoms with Crippen molar-refractivity contribution in [3.63, 3.8) is 0 Å². The van der Waals surface area contributed by atoms with E-state index in [0.717, 1.165) is 19.5 Å². The number of allylic oxidation sites excluding steroid dienone is 1. The maximum absolute atomic E-state index is 10.2. The van der Waals surface area contributed by atoms with Crippen molar-refractivity contribution in [2.45, 2.75) is 39.2 Å². The Morgan fingerprint density at radius 1 is 1.54 bits per heavy atom. The average molecular weight is 183 g/mol. The molecule has 1 rings (SSSR count). The highest BCUT2D eigenvalue weighted by molar-refractivity contribution is 5.08. The Balaban J connectivity index is 2.61. The Bertz CT molecular complexity index is 186. The molecule has 0 spiro atoms. The van der Waals surface area contributed by atoms with Gasteiger partial charge in [0, 0.05) is 12.5 Å². The lowest BCUT2D eigenvalue weighted by Crippen LogP contribution is -2.43. The maximum atomic E-state index is 10.2. The van der Waals surface area contributed by atoms with Gasteiger partial charge in [-0.2, -0.15) is 0 Å². The fourth-order valence-corrected chi connectivity index (χ4v) is 2.05. The van der Waals surface area contributed by atoms with E-state index in [1.54, 1.807) is 0 Å². The Hall–Kier alpha value is -0.340. The molecule has 0 bridgehead atoms. The van der Waals surface area contributed by atoms with Crippen molar-refractivity contribution >= 4 is 0 Å². The summed E-state index contributed by atoms with van der Waals surface area (Å²) in [5.74, 6) is 0.371. The standard InChI is InChI=1S/C11H21NO/c1-9(2)7-11(3,13)10-5-4-6-12-8-10/h7,10,12-13H,4-6,8H2,1-3H3. The summed E-state index contributed by atoms with van der Waals surface area (Å²) in [5.41, 5.74) is 0.558. The molecular weight excluding hydrogens is 162 g/mol. The first-order valence-corrected chi connectivity index (χ1v) is 5.11. The van der Waals surface area contributed by atoms with E-state index in [1.165, 1.54) is 12.0 Å². The minimum absolute atomic E-state index is 0.371. The molecule has 1 saturated heterocycles. The Morgan fingerprint density at radius 3 is 2.69 bits per heavy atom. The van der Waals surface area contributed by atoms with E-state index in [1.807, 2.05) is 26.8 Å². The molecule has 1 aliphatic rings. The van der Waals surface area contributed by atoms with Crippen LogP contribution in [0.15, 0.2) is 11.6 Å². The topological polar surface area (TPSA) is 32.3 Å². The van der Waals surface area contributed by atoms with Crippen LogP contribution in [0.4, 0.5) is 0 Å². The van der Waals surface area contributed by atoms with Gasteiger partial charge in [0.2, 0.25) is 0 Å². The number of rotatable bonds is 2. The van der Waals surface area contributed by atoms with Gasteiger partial charge in [0.05, 0.1) is 5.60 Å². The largest absolute Gasteiger partial charge is 0.386 e. The first-order valence-electron chi connectivity index (χ1n) is 5.11. The lowest BCUT2D eigenvalue weighted by molar-refractivity contribution is 0.0336. The Morgan fingerprint density at radius 2 is 2.23 bits per heavy atom. The molecule has 1 aliphatic heterocycles. The van der Waals surface area contributed by atoms with Crippen molar-refractivity contribution < 1.29 is 5.11 Å². The van der Waals surface area contributed by atoms with Crippen LogP contribution in [-0.4, -0.2) is 23.8 Å². The second-order valence-electron chi connectivity index (χ2n) is 4.49. The third-order valence-electron chi connectivity index (χ3n) is 2.70. The fourth-order valence-electron chi connectivity index (χ4n) is 2.05. The predicted octanol–water partition coefficient (Wildman–Crippen LogP) is 1.70. The van der Waals surface area contributed by atoms with Gasteiger partial charge in [0.25, 0.3) is 0 Å². The highest BCUT2D eigenvalue weighted by Crippen LogP contribution is 2.26. The second kappa shape index (κ2) is 4.25. The van der Waals surface area contributed by atoms with Gasteiger partial charge >= 0.3 is 0 Å². The van der Waals surface area contributed by atoms with Crippen molar-refractivity contribution in [3.05, 3.63) is 11.6 Å². The summed E-state index contributed by atoms with van der Waals surface area (Å²) in [6, 6.07) is 0. The molecule has 2 heteroatoms. The van der Waals surface area contributed by atoms with Gasteiger partial charge in [-0.05, 0) is 40.2 Å². The van der Waals surface area contributed by atoms with Crippen molar-refractivity contribution in [1.82, 2.24) is 5.32 Å². The van der Waals surface area contributed by atoms with Crippen molar-refractivity contribution in [2.75, 3.05) is 13.1 Å². The van der Waals surface area contributed by atoms with Gasteiger partial charge < -0.3 is 10.4 Å². The van der Waals surface area contributed by atoms with E-state index < -0.39 is 5.60 Å². The molecular formula is C11H21NO. The molecule has 0 aromatic rings. The molecule has 76 valence electrons. The van der Waals surface area contributed by atoms with Crippen LogP contribution in [0.3, 0.4) is 0 Å². The third kappa shape index (κ3) is 3.12. The van der Waals surface area contributed by atoms with E-state index >= 15 is 0 Å². The van der Waals surface area contributed by atoms with Gasteiger partial charge in [-0.15, -0.1) is 0 Å². The Labute approximate surface area is 81.0 Å². The van der Waals surface area contributed by atoms with Crippen LogP contribution >= 0.6 is 0 Å². The summed E-state index contributed by atoms with van der Waals surface area (Å²) in [7, 11) is 0. The van der Waals surface area contributed by atoms with E-state index in [2.05, 4.69) is 5.32 Å². The van der Waals surface area contributed by atoms with E-state index in [4.69, 9.17) is 0 Å². The van der Waals surface area contributed by atoms with E-state index in [0.29, 0.717) is 5.92 Å². The van der Waals surface area contributed by atoms with Crippen LogP contribution in [0.5, 0.6) is 0 Å². The number of nitrogens with one attached hydrogen (secondary N) is 1. The predicted molar refractivity (Wildman–Crippen MR) is 55.6 cm³/mol. The normalized spacial score (nSPS) is 27.8. The summed E-state index contributed by atoms with van der Waals surface area (Å²) < 4.78 is 0. The van der Waals surface area contributed by atoms with Gasteiger partial charge in [-0.25, -0.2) is 0 Å². The first kappa shape index (κ1) is 10.7. The van der Waals surface area contributed by atoms with Crippen LogP contribution in [0.2, 0.25) is 0 Å². The van der Waals surface area contributed by atoms with Crippen LogP contribution in [-0.2, 0) is 0 Å². The first-order chi connectivity index (χ1) is 6.02. The number of hydrogen-bond donors (Lipinski definition) is 2. The van der Waals surface area contributed by atoms with Crippen molar-refractivity contribution in [2.24, 2.45) is 5.92 Å². The molecule has 0 radical (unpaired) electrons. The van der Waals surface area contributed by atoms with Crippen molar-refractivity contribution in [3.8, 4) is 0 Å². The minimum atomic E-state index is -0.633. The molecule has 1 fully saturated rings. The lowest BCUT2D eigenvalue weighted by Gasteiger charge is -2.34. The molecule has 2 unspecified atom stereocenters. The van der Waals surface area contributed by atoms with Crippen LogP contribution in [0, 0.1) is 5.92 Å². The monoisotopic (exact) mass is 183 g/mol. The van der Waals surface area contributed by atoms with E-state index in [9.17, 15) is 5.11 Å². The molecule has 0 amide bonds. The quantitative estimate of drug-likeness (QED) is 0.639. The third-order valence-corrected chi connectivity index (χ3v) is 2.70. The molecule has 0 saturated carbocycles. The molecule has 2 atom stereocenters. The molecule has 13 heavy (non-hydrogen) atoms. The highest BCUT2D eigenvalue weighted by Gasteiger charge is 2.30. The zero-order chi connectivity index (χ0) is 9.90. The van der Waals surface area contributed by atoms with Gasteiger partial charge in [0.1, 0.15) is 0 Å². The number of hydrogen-bond acceptors (Lipinski definition) is 2. The molecule has 0 aromatic heterocycles. The van der Waals surface area contributed by atoms with Gasteiger partial charge in [0.15, 0.2) is 0 Å². The summed E-state index contributed by atoms with van der Waals surface area (Å²) in [5, 5.41) is 13.5. The zero-order valence-corrected chi connectivity index (χ0v) is 8.93. The van der Waals surface area contributed by atoms with Gasteiger partial charge in [-0.3, -0.25) is 0 Å². The highest BCUT2D eigenvalue weighted by atomic mass is 16.3. The number of aliphatic hydroxyl groups is 1. The number of piperidine rings is 1. The van der Waals surface area contributed by atoms with Crippen LogP contribution in [0.25, 0.3) is 0 Å². The van der Waals surface area contributed by atoms with E-state index in [-0.39, 0.29) is 0 Å². The summed E-state index contributed by atoms with van der Waals surface area (Å²) in [6.07, 6.45) is 4.28. The lowest BCUT2D eigenvalue weighted by atomic mass is 9.82. The fraction of sp³-hybridized carbons (Fsp3) is 0.818. The summed E-state index contributed by atoms with van der Waals surface area (Å²) in [4.78, 5) is 0. The maximum Gasteiger partial charge on any atom is 0.0842 e. The molecule has 0 aromatic carbocycles. The van der Waals surface area contributed by atoms with Crippen LogP contribution in [0.1, 0.15) is 33.6 Å². The zero-order valence-electron chi connectivity index (χ0n) is 8.93. The van der Waals surface area contributed by atoms with Crippen molar-refractivity contribution in [1.29, 1.82) is 0 Å². The second-order valence-corrected chi connectivity index (χ2v) is 4.49. The molecule has 0 aliphatic carbocycles. The molecule has 2 nitrogen and oxygen atoms in total. The van der Waals surface area contributed by atoms with Crippen LogP contribution < -0.4 is 5.32 Å². The average Bonchev–Trinajstić information content (AvgIpc) is 2.04. The summed E-state index contributed by atoms with van der Waals surface area (Å²) in [6.45, 7) is 8.02. The molecule has 1 heterocycles. The van der Waals surface area contributed by atoms with Gasteiger partial charge in [-0.1, -0.05) is 11.6 Å². The smallest absolute Gasteiger partial charge is 0.0842 e. The molecule has 2 N–H and O–H groups in total. The Kier molecular flexibility index (Phi) is 3.51. The minimum Gasteiger partial charge on any atom is -0.386 e. The SMILES string of the molecule is CC(C)=CC(C)(O)C1CCCNC1. The summed E-state index contributed by atoms with van der Waals surface area (Å²) >= 11 is 0.